The van der Waals surface area contributed by atoms with Crippen molar-refractivity contribution in [2.45, 2.75) is 31.2 Å². The zero-order valence-corrected chi connectivity index (χ0v) is 13.6. The van der Waals surface area contributed by atoms with Gasteiger partial charge in [0.25, 0.3) is 11.8 Å². The highest BCUT2D eigenvalue weighted by atomic mass is 19.4. The van der Waals surface area contributed by atoms with Crippen LogP contribution in [0.3, 0.4) is 0 Å². The van der Waals surface area contributed by atoms with Crippen molar-refractivity contribution >= 4 is 17.8 Å². The Morgan fingerprint density at radius 3 is 2.26 bits per heavy atom. The van der Waals surface area contributed by atoms with Crippen LogP contribution in [0.2, 0.25) is 0 Å². The number of benzene rings is 1. The molecule has 0 fully saturated rings. The Morgan fingerprint density at radius 2 is 1.74 bits per heavy atom. The van der Waals surface area contributed by atoms with E-state index in [9.17, 15) is 35.9 Å². The molecule has 0 saturated carbocycles. The Balaban J connectivity index is 2.44. The first-order valence-corrected chi connectivity index (χ1v) is 7.46. The van der Waals surface area contributed by atoms with E-state index in [0.717, 1.165) is 18.2 Å². The van der Waals surface area contributed by atoms with E-state index in [4.69, 9.17) is 11.5 Å². The molecule has 2 amide bonds. The van der Waals surface area contributed by atoms with Gasteiger partial charge < -0.3 is 16.4 Å². The van der Waals surface area contributed by atoms with E-state index in [1.807, 2.05) is 0 Å². The normalized spacial score (nSPS) is 17.0. The maximum absolute atomic E-state index is 12.8. The number of fused-ring (bicyclic) bond motifs is 1. The van der Waals surface area contributed by atoms with Gasteiger partial charge in [0.1, 0.15) is 6.54 Å². The fraction of sp³-hybridized carbons (Fsp3) is 0.400. The van der Waals surface area contributed by atoms with Crippen LogP contribution < -0.4 is 11.5 Å². The lowest BCUT2D eigenvalue weighted by Crippen LogP contribution is -2.37. The number of halogens is 6. The second-order valence-electron chi connectivity index (χ2n) is 5.91. The lowest BCUT2D eigenvalue weighted by Gasteiger charge is -2.25. The maximum Gasteiger partial charge on any atom is 0.406 e. The summed E-state index contributed by atoms with van der Waals surface area (Å²) in [6.07, 6.45) is -11.4. The Hall–Kier alpha value is -2.79. The molecule has 1 heterocycles. The second-order valence-corrected chi connectivity index (χ2v) is 5.91. The van der Waals surface area contributed by atoms with Crippen LogP contribution in [-0.4, -0.2) is 41.6 Å². The Labute approximate surface area is 148 Å². The molecule has 0 saturated heterocycles. The molecule has 0 spiro atoms. The zero-order valence-electron chi connectivity index (χ0n) is 13.6. The van der Waals surface area contributed by atoms with Crippen molar-refractivity contribution in [1.82, 2.24) is 4.90 Å². The molecule has 12 heteroatoms. The Bertz CT molecular complexity index is 783. The van der Waals surface area contributed by atoms with Crippen LogP contribution in [0.25, 0.3) is 0 Å². The van der Waals surface area contributed by atoms with Gasteiger partial charge in [0, 0.05) is 5.56 Å². The highest BCUT2D eigenvalue weighted by Gasteiger charge is 2.44. The van der Waals surface area contributed by atoms with Gasteiger partial charge in [-0.1, -0.05) is 12.1 Å². The van der Waals surface area contributed by atoms with Crippen molar-refractivity contribution in [3.05, 3.63) is 34.9 Å². The van der Waals surface area contributed by atoms with Gasteiger partial charge in [0.2, 0.25) is 0 Å². The molecule has 0 aliphatic carbocycles. The highest BCUT2D eigenvalue weighted by Crippen LogP contribution is 2.39. The summed E-state index contributed by atoms with van der Waals surface area (Å²) >= 11 is 0. The van der Waals surface area contributed by atoms with Crippen molar-refractivity contribution in [2.75, 3.05) is 6.54 Å². The first-order chi connectivity index (χ1) is 12.3. The molecule has 0 radical (unpaired) electrons. The summed E-state index contributed by atoms with van der Waals surface area (Å²) in [7, 11) is 0. The number of guanidine groups is 1. The molecule has 4 N–H and O–H groups in total. The Kier molecular flexibility index (Phi) is 5.38. The van der Waals surface area contributed by atoms with Gasteiger partial charge in [0.05, 0.1) is 18.9 Å². The van der Waals surface area contributed by atoms with Gasteiger partial charge in [0.15, 0.2) is 5.96 Å². The molecule has 1 unspecified atom stereocenters. The number of carbonyl (C=O) groups excluding carboxylic acids is 2. The van der Waals surface area contributed by atoms with Crippen LogP contribution in [-0.2, 0) is 11.2 Å². The van der Waals surface area contributed by atoms with Gasteiger partial charge in [-0.2, -0.15) is 31.3 Å². The van der Waals surface area contributed by atoms with E-state index in [2.05, 4.69) is 4.99 Å². The summed E-state index contributed by atoms with van der Waals surface area (Å²) in [6.45, 7) is -1.67. The van der Waals surface area contributed by atoms with E-state index in [-0.39, 0.29) is 16.7 Å². The average molecular weight is 396 g/mol. The lowest BCUT2D eigenvalue weighted by atomic mass is 9.98. The number of aliphatic imine (C=N–C) groups is 1. The van der Waals surface area contributed by atoms with Gasteiger partial charge in [-0.15, -0.1) is 0 Å². The molecule has 0 aromatic heterocycles. The fourth-order valence-electron chi connectivity index (χ4n) is 2.84. The summed E-state index contributed by atoms with van der Waals surface area (Å²) in [5, 5.41) is 0. The SMILES string of the molecule is NC(N)=NC(=O)CC1c2cc(CC(F)(F)F)ccc2C(=O)N1CC(F)(F)F. The number of nitrogens with two attached hydrogens (primary N) is 2. The predicted molar refractivity (Wildman–Crippen MR) is 81.5 cm³/mol. The highest BCUT2D eigenvalue weighted by molar-refractivity contribution is 6.00. The van der Waals surface area contributed by atoms with Crippen LogP contribution in [0.15, 0.2) is 23.2 Å². The van der Waals surface area contributed by atoms with Gasteiger partial charge in [-0.25, -0.2) is 0 Å². The molecule has 148 valence electrons. The molecule has 1 aliphatic rings. The number of rotatable bonds is 4. The van der Waals surface area contributed by atoms with Crippen LogP contribution in [0.4, 0.5) is 26.3 Å². The lowest BCUT2D eigenvalue weighted by molar-refractivity contribution is -0.145. The second kappa shape index (κ2) is 7.08. The molecular weight excluding hydrogens is 382 g/mol. The minimum atomic E-state index is -4.77. The number of amides is 2. The number of hydrogen-bond acceptors (Lipinski definition) is 2. The number of hydrogen-bond donors (Lipinski definition) is 2. The van der Waals surface area contributed by atoms with E-state index in [1.165, 1.54) is 0 Å². The van der Waals surface area contributed by atoms with Crippen LogP contribution in [0, 0.1) is 0 Å². The molecule has 1 aliphatic heterocycles. The molecule has 6 nitrogen and oxygen atoms in total. The summed E-state index contributed by atoms with van der Waals surface area (Å²) in [5.74, 6) is -2.67. The van der Waals surface area contributed by atoms with Crippen molar-refractivity contribution in [3.8, 4) is 0 Å². The van der Waals surface area contributed by atoms with E-state index >= 15 is 0 Å². The van der Waals surface area contributed by atoms with Crippen LogP contribution >= 0.6 is 0 Å². The third-order valence-corrected chi connectivity index (χ3v) is 3.72. The number of carbonyl (C=O) groups is 2. The quantitative estimate of drug-likeness (QED) is 0.462. The van der Waals surface area contributed by atoms with Crippen LogP contribution in [0.1, 0.15) is 33.9 Å². The monoisotopic (exact) mass is 396 g/mol. The summed E-state index contributed by atoms with van der Waals surface area (Å²) in [5.41, 5.74) is 9.53. The third kappa shape index (κ3) is 5.34. The predicted octanol–water partition coefficient (Wildman–Crippen LogP) is 2.04. The van der Waals surface area contributed by atoms with Crippen LogP contribution in [0.5, 0.6) is 0 Å². The summed E-state index contributed by atoms with van der Waals surface area (Å²) in [4.78, 5) is 27.7. The minimum Gasteiger partial charge on any atom is -0.370 e. The van der Waals surface area contributed by atoms with Crippen molar-refractivity contribution in [3.63, 3.8) is 0 Å². The van der Waals surface area contributed by atoms with Gasteiger partial charge in [-0.3, -0.25) is 9.59 Å². The number of nitrogens with zero attached hydrogens (tertiary/aromatic N) is 2. The molecule has 1 aromatic carbocycles. The molecule has 2 rings (SSSR count). The maximum atomic E-state index is 12.8. The van der Waals surface area contributed by atoms with Crippen molar-refractivity contribution in [2.24, 2.45) is 16.5 Å². The summed E-state index contributed by atoms with van der Waals surface area (Å²) < 4.78 is 76.3. The zero-order chi connectivity index (χ0) is 20.6. The molecule has 27 heavy (non-hydrogen) atoms. The van der Waals surface area contributed by atoms with Crippen molar-refractivity contribution in [1.29, 1.82) is 0 Å². The standard InChI is InChI=1S/C15H14F6N4O2/c16-14(17,18)5-7-1-2-8-9(3-7)10(4-11(26)24-13(22)23)25(12(8)27)6-15(19,20)21/h1-3,10H,4-6H2,(H4,22,23,24,26). The first-order valence-electron chi connectivity index (χ1n) is 7.46. The molecule has 1 aromatic rings. The third-order valence-electron chi connectivity index (χ3n) is 3.72. The van der Waals surface area contributed by atoms with E-state index in [1.54, 1.807) is 0 Å². The van der Waals surface area contributed by atoms with Gasteiger partial charge in [-0.05, 0) is 17.2 Å². The molecular formula is C15H14F6N4O2. The minimum absolute atomic E-state index is 0.106. The summed E-state index contributed by atoms with van der Waals surface area (Å²) in [6, 6.07) is 1.58. The Morgan fingerprint density at radius 1 is 1.11 bits per heavy atom. The number of alkyl halides is 6. The van der Waals surface area contributed by atoms with E-state index < -0.39 is 55.6 Å². The van der Waals surface area contributed by atoms with Gasteiger partial charge >= 0.3 is 12.4 Å². The first kappa shape index (κ1) is 20.5. The topological polar surface area (TPSA) is 102 Å². The fourth-order valence-corrected chi connectivity index (χ4v) is 2.84. The smallest absolute Gasteiger partial charge is 0.370 e. The van der Waals surface area contributed by atoms with Crippen molar-refractivity contribution < 1.29 is 35.9 Å². The molecule has 0 bridgehead atoms. The van der Waals surface area contributed by atoms with E-state index in [0.29, 0.717) is 4.90 Å². The molecule has 1 atom stereocenters. The largest absolute Gasteiger partial charge is 0.406 e. The average Bonchev–Trinajstić information content (AvgIpc) is 2.68.